The minimum atomic E-state index is 0.220. The molecule has 0 aliphatic rings. The topological polar surface area (TPSA) is 17.1 Å². The fourth-order valence-electron chi connectivity index (χ4n) is 1.72. The monoisotopic (exact) mass is 308 g/mol. The Balaban J connectivity index is 2.07. The number of carbonyl (C=O) groups is 1. The first-order valence-corrected chi connectivity index (χ1v) is 7.16. The summed E-state index contributed by atoms with van der Waals surface area (Å²) in [7, 11) is 0. The van der Waals surface area contributed by atoms with E-state index < -0.39 is 0 Å². The van der Waals surface area contributed by atoms with E-state index in [2.05, 4.69) is 22.0 Å². The summed E-state index contributed by atoms with van der Waals surface area (Å²) in [5.41, 5.74) is 1.88. The number of halogens is 1. The fraction of sp³-hybridized carbons (Fsp3) is 0.214. The van der Waals surface area contributed by atoms with Crippen LogP contribution in [0.2, 0.25) is 0 Å². The molecule has 0 fully saturated rings. The van der Waals surface area contributed by atoms with E-state index in [4.69, 9.17) is 0 Å². The number of aryl methyl sites for hydroxylation is 2. The summed E-state index contributed by atoms with van der Waals surface area (Å²) >= 11 is 5.11. The van der Waals surface area contributed by atoms with Gasteiger partial charge in [0.2, 0.25) is 0 Å². The van der Waals surface area contributed by atoms with E-state index in [1.54, 1.807) is 11.3 Å². The smallest absolute Gasteiger partial charge is 0.163 e. The summed E-state index contributed by atoms with van der Waals surface area (Å²) in [6.45, 7) is 1.98. The number of Topliss-reactive ketones (excluding diaryl/α,β-unsaturated/α-hetero) is 1. The number of ketones is 1. The standard InChI is InChI=1S/C14H13BrOS/c1-10-4-5-11(15)9-13(10)14(16)7-6-12-3-2-8-17-12/h2-5,8-9H,6-7H2,1H3. The summed E-state index contributed by atoms with van der Waals surface area (Å²) in [5.74, 6) is 0.220. The highest BCUT2D eigenvalue weighted by Gasteiger charge is 2.09. The van der Waals surface area contributed by atoms with Crippen LogP contribution in [0.5, 0.6) is 0 Å². The van der Waals surface area contributed by atoms with Crippen molar-refractivity contribution in [1.29, 1.82) is 0 Å². The van der Waals surface area contributed by atoms with Crippen LogP contribution in [-0.2, 0) is 6.42 Å². The highest BCUT2D eigenvalue weighted by molar-refractivity contribution is 9.10. The third kappa shape index (κ3) is 3.27. The van der Waals surface area contributed by atoms with Gasteiger partial charge in [-0.3, -0.25) is 4.79 Å². The zero-order valence-electron chi connectivity index (χ0n) is 9.57. The van der Waals surface area contributed by atoms with Crippen molar-refractivity contribution in [2.75, 3.05) is 0 Å². The Morgan fingerprint density at radius 1 is 1.35 bits per heavy atom. The first-order valence-electron chi connectivity index (χ1n) is 5.48. The second kappa shape index (κ2) is 5.61. The van der Waals surface area contributed by atoms with Crippen LogP contribution >= 0.6 is 27.3 Å². The van der Waals surface area contributed by atoms with Crippen molar-refractivity contribution in [3.63, 3.8) is 0 Å². The second-order valence-corrected chi connectivity index (χ2v) is 5.91. The Kier molecular flexibility index (Phi) is 4.13. The van der Waals surface area contributed by atoms with Crippen LogP contribution in [0, 0.1) is 6.92 Å². The largest absolute Gasteiger partial charge is 0.294 e. The van der Waals surface area contributed by atoms with E-state index in [1.165, 1.54) is 4.88 Å². The maximum absolute atomic E-state index is 12.1. The van der Waals surface area contributed by atoms with Crippen LogP contribution in [0.25, 0.3) is 0 Å². The molecule has 1 nitrogen and oxygen atoms in total. The van der Waals surface area contributed by atoms with Crippen molar-refractivity contribution in [3.05, 3.63) is 56.2 Å². The van der Waals surface area contributed by atoms with Gasteiger partial charge in [-0.25, -0.2) is 0 Å². The normalized spacial score (nSPS) is 10.5. The molecule has 2 aromatic rings. The Bertz CT molecular complexity index is 517. The first-order chi connectivity index (χ1) is 8.16. The molecule has 0 atom stereocenters. The summed E-state index contributed by atoms with van der Waals surface area (Å²) in [5, 5.41) is 2.05. The number of benzene rings is 1. The van der Waals surface area contributed by atoms with Gasteiger partial charge in [-0.15, -0.1) is 11.3 Å². The Morgan fingerprint density at radius 2 is 2.18 bits per heavy atom. The van der Waals surface area contributed by atoms with Crippen molar-refractivity contribution in [2.45, 2.75) is 19.8 Å². The first kappa shape index (κ1) is 12.5. The van der Waals surface area contributed by atoms with Crippen LogP contribution in [-0.4, -0.2) is 5.78 Å². The van der Waals surface area contributed by atoms with Crippen LogP contribution in [0.4, 0.5) is 0 Å². The van der Waals surface area contributed by atoms with Gasteiger partial charge in [0.15, 0.2) is 5.78 Å². The molecular formula is C14H13BrOS. The van der Waals surface area contributed by atoms with Crippen molar-refractivity contribution in [1.82, 2.24) is 0 Å². The molecule has 2 rings (SSSR count). The molecule has 3 heteroatoms. The van der Waals surface area contributed by atoms with Crippen LogP contribution in [0.1, 0.15) is 27.2 Å². The number of carbonyl (C=O) groups excluding carboxylic acids is 1. The summed E-state index contributed by atoms with van der Waals surface area (Å²) in [6, 6.07) is 9.94. The number of rotatable bonds is 4. The minimum absolute atomic E-state index is 0.220. The van der Waals surface area contributed by atoms with Gasteiger partial charge < -0.3 is 0 Å². The summed E-state index contributed by atoms with van der Waals surface area (Å²) in [6.07, 6.45) is 1.42. The van der Waals surface area contributed by atoms with Gasteiger partial charge in [-0.1, -0.05) is 28.1 Å². The van der Waals surface area contributed by atoms with Gasteiger partial charge in [0, 0.05) is 21.3 Å². The SMILES string of the molecule is Cc1ccc(Br)cc1C(=O)CCc1cccs1. The molecule has 0 spiro atoms. The molecule has 1 heterocycles. The lowest BCUT2D eigenvalue weighted by Crippen LogP contribution is -2.03. The lowest BCUT2D eigenvalue weighted by Gasteiger charge is -2.05. The predicted molar refractivity (Wildman–Crippen MR) is 75.8 cm³/mol. The van der Waals surface area contributed by atoms with Crippen LogP contribution < -0.4 is 0 Å². The minimum Gasteiger partial charge on any atom is -0.294 e. The third-order valence-electron chi connectivity index (χ3n) is 2.68. The molecule has 0 aliphatic carbocycles. The van der Waals surface area contributed by atoms with Crippen LogP contribution in [0.15, 0.2) is 40.2 Å². The lowest BCUT2D eigenvalue weighted by molar-refractivity contribution is 0.0982. The Morgan fingerprint density at radius 3 is 2.88 bits per heavy atom. The molecule has 1 aromatic heterocycles. The molecule has 0 bridgehead atoms. The van der Waals surface area contributed by atoms with Gasteiger partial charge in [0.1, 0.15) is 0 Å². The van der Waals surface area contributed by atoms with E-state index in [1.807, 2.05) is 36.6 Å². The predicted octanol–water partition coefficient (Wildman–Crippen LogP) is 4.63. The third-order valence-corrected chi connectivity index (χ3v) is 4.11. The van der Waals surface area contributed by atoms with Crippen molar-refractivity contribution >= 4 is 33.0 Å². The fourth-order valence-corrected chi connectivity index (χ4v) is 2.79. The molecule has 1 aromatic carbocycles. The zero-order valence-corrected chi connectivity index (χ0v) is 12.0. The van der Waals surface area contributed by atoms with Crippen molar-refractivity contribution < 1.29 is 4.79 Å². The van der Waals surface area contributed by atoms with E-state index in [-0.39, 0.29) is 5.78 Å². The molecule has 88 valence electrons. The van der Waals surface area contributed by atoms with Crippen LogP contribution in [0.3, 0.4) is 0 Å². The molecule has 0 saturated carbocycles. The number of hydrogen-bond acceptors (Lipinski definition) is 2. The Hall–Kier alpha value is -0.930. The molecule has 0 N–H and O–H groups in total. The second-order valence-electron chi connectivity index (χ2n) is 3.96. The zero-order chi connectivity index (χ0) is 12.3. The lowest BCUT2D eigenvalue weighted by atomic mass is 10.0. The quantitative estimate of drug-likeness (QED) is 0.752. The molecule has 0 unspecified atom stereocenters. The van der Waals surface area contributed by atoms with E-state index >= 15 is 0 Å². The van der Waals surface area contributed by atoms with Crippen molar-refractivity contribution in [2.24, 2.45) is 0 Å². The summed E-state index contributed by atoms with van der Waals surface area (Å²) < 4.78 is 0.961. The van der Waals surface area contributed by atoms with Gasteiger partial charge in [-0.2, -0.15) is 0 Å². The highest BCUT2D eigenvalue weighted by atomic mass is 79.9. The molecule has 0 amide bonds. The highest BCUT2D eigenvalue weighted by Crippen LogP contribution is 2.19. The molecule has 0 saturated heterocycles. The number of thiophene rings is 1. The molecule has 0 radical (unpaired) electrons. The van der Waals surface area contributed by atoms with Crippen molar-refractivity contribution in [3.8, 4) is 0 Å². The average molecular weight is 309 g/mol. The number of hydrogen-bond donors (Lipinski definition) is 0. The van der Waals surface area contributed by atoms with Gasteiger partial charge in [0.25, 0.3) is 0 Å². The van der Waals surface area contributed by atoms with Gasteiger partial charge in [-0.05, 0) is 42.5 Å². The van der Waals surface area contributed by atoms with Gasteiger partial charge >= 0.3 is 0 Å². The molecule has 0 aliphatic heterocycles. The maximum Gasteiger partial charge on any atom is 0.163 e. The van der Waals surface area contributed by atoms with Gasteiger partial charge in [0.05, 0.1) is 0 Å². The molecule has 17 heavy (non-hydrogen) atoms. The molecular weight excluding hydrogens is 296 g/mol. The van der Waals surface area contributed by atoms with E-state index in [0.717, 1.165) is 22.0 Å². The Labute approximate surface area is 114 Å². The van der Waals surface area contributed by atoms with E-state index in [9.17, 15) is 4.79 Å². The summed E-state index contributed by atoms with van der Waals surface area (Å²) in [4.78, 5) is 13.4. The average Bonchev–Trinajstić information content (AvgIpc) is 2.82. The maximum atomic E-state index is 12.1. The van der Waals surface area contributed by atoms with E-state index in [0.29, 0.717) is 6.42 Å².